The van der Waals surface area contributed by atoms with Gasteiger partial charge in [0.2, 0.25) is 5.82 Å². The van der Waals surface area contributed by atoms with E-state index in [2.05, 4.69) is 15.4 Å². The summed E-state index contributed by atoms with van der Waals surface area (Å²) in [6.45, 7) is 3.37. The monoisotopic (exact) mass is 457 g/mol. The summed E-state index contributed by atoms with van der Waals surface area (Å²) in [7, 11) is 0. The van der Waals surface area contributed by atoms with Gasteiger partial charge in [0, 0.05) is 13.1 Å². The fourth-order valence-electron chi connectivity index (χ4n) is 4.04. The molecule has 8 heteroatoms. The van der Waals surface area contributed by atoms with E-state index in [1.807, 2.05) is 71.8 Å². The molecule has 0 spiro atoms. The Morgan fingerprint density at radius 2 is 1.76 bits per heavy atom. The predicted octanol–water partition coefficient (Wildman–Crippen LogP) is 4.79. The second-order valence-corrected chi connectivity index (χ2v) is 8.88. The molecule has 4 aromatic rings. The lowest BCUT2D eigenvalue weighted by Gasteiger charge is -2.19. The number of anilines is 1. The third-order valence-electron chi connectivity index (χ3n) is 5.68. The van der Waals surface area contributed by atoms with Gasteiger partial charge in [-0.15, -0.1) is 16.4 Å². The van der Waals surface area contributed by atoms with Gasteiger partial charge < -0.3 is 10.2 Å². The van der Waals surface area contributed by atoms with Crippen molar-refractivity contribution in [2.75, 3.05) is 18.4 Å². The Labute approximate surface area is 195 Å². The van der Waals surface area contributed by atoms with Crippen molar-refractivity contribution in [3.05, 3.63) is 83.0 Å². The van der Waals surface area contributed by atoms with Crippen LogP contribution in [0, 0.1) is 6.92 Å². The molecule has 1 aliphatic rings. The van der Waals surface area contributed by atoms with Crippen molar-refractivity contribution >= 4 is 28.8 Å². The van der Waals surface area contributed by atoms with Gasteiger partial charge in [-0.3, -0.25) is 9.59 Å². The molecule has 0 bridgehead atoms. The standard InChI is InChI=1S/C25H23N5O2S/c1-17-9-7-12-19(21(17)25(32)29-14-5-6-15-29)26-24(31)22-27-23(20-13-8-16-33-20)30(28-22)18-10-3-2-4-11-18/h2-4,7-13,16H,5-6,14-15H2,1H3,(H,26,31). The number of hydrogen-bond donors (Lipinski definition) is 1. The SMILES string of the molecule is Cc1cccc(NC(=O)c2nc(-c3cccs3)n(-c3ccccc3)n2)c1C(=O)N1CCCC1. The highest BCUT2D eigenvalue weighted by atomic mass is 32.1. The molecular weight excluding hydrogens is 434 g/mol. The molecule has 0 atom stereocenters. The summed E-state index contributed by atoms with van der Waals surface area (Å²) < 4.78 is 1.67. The summed E-state index contributed by atoms with van der Waals surface area (Å²) in [5, 5.41) is 9.36. The molecule has 3 heterocycles. The topological polar surface area (TPSA) is 80.1 Å². The summed E-state index contributed by atoms with van der Waals surface area (Å²) in [6.07, 6.45) is 2.01. The van der Waals surface area contributed by atoms with E-state index >= 15 is 0 Å². The van der Waals surface area contributed by atoms with Crippen molar-refractivity contribution in [2.45, 2.75) is 19.8 Å². The first-order valence-corrected chi connectivity index (χ1v) is 11.8. The average Bonchev–Trinajstić information content (AvgIpc) is 3.61. The van der Waals surface area contributed by atoms with Crippen molar-refractivity contribution in [2.24, 2.45) is 0 Å². The fraction of sp³-hybridized carbons (Fsp3) is 0.200. The molecule has 7 nitrogen and oxygen atoms in total. The van der Waals surface area contributed by atoms with Gasteiger partial charge in [0.1, 0.15) is 0 Å². The number of nitrogens with one attached hydrogen (secondary N) is 1. The van der Waals surface area contributed by atoms with Crippen LogP contribution in [0.4, 0.5) is 5.69 Å². The normalized spacial score (nSPS) is 13.3. The van der Waals surface area contributed by atoms with Crippen LogP contribution in [0.3, 0.4) is 0 Å². The maximum absolute atomic E-state index is 13.2. The number of aryl methyl sites for hydroxylation is 1. The second-order valence-electron chi connectivity index (χ2n) is 7.93. The van der Waals surface area contributed by atoms with E-state index in [-0.39, 0.29) is 11.7 Å². The molecule has 2 aromatic heterocycles. The van der Waals surface area contributed by atoms with Crippen molar-refractivity contribution < 1.29 is 9.59 Å². The Morgan fingerprint density at radius 3 is 2.48 bits per heavy atom. The maximum atomic E-state index is 13.2. The fourth-order valence-corrected chi connectivity index (χ4v) is 4.73. The number of thiophene rings is 1. The van der Waals surface area contributed by atoms with Crippen LogP contribution in [-0.2, 0) is 0 Å². The minimum atomic E-state index is -0.455. The molecular formula is C25H23N5O2S. The smallest absolute Gasteiger partial charge is 0.295 e. The number of aromatic nitrogens is 3. The van der Waals surface area contributed by atoms with Crippen LogP contribution in [0.15, 0.2) is 66.0 Å². The summed E-state index contributed by atoms with van der Waals surface area (Å²) in [4.78, 5) is 33.7. The number of carbonyl (C=O) groups is 2. The van der Waals surface area contributed by atoms with Crippen molar-refractivity contribution in [1.82, 2.24) is 19.7 Å². The number of nitrogens with zero attached hydrogens (tertiary/aromatic N) is 4. The van der Waals surface area contributed by atoms with Crippen LogP contribution in [0.25, 0.3) is 16.4 Å². The zero-order valence-electron chi connectivity index (χ0n) is 18.2. The van der Waals surface area contributed by atoms with E-state index in [0.717, 1.165) is 42.1 Å². The molecule has 166 valence electrons. The molecule has 1 saturated heterocycles. The minimum Gasteiger partial charge on any atom is -0.339 e. The van der Waals surface area contributed by atoms with E-state index in [1.54, 1.807) is 10.7 Å². The van der Waals surface area contributed by atoms with Crippen LogP contribution < -0.4 is 5.32 Å². The van der Waals surface area contributed by atoms with E-state index in [0.29, 0.717) is 17.1 Å². The van der Waals surface area contributed by atoms with Crippen molar-refractivity contribution in [3.63, 3.8) is 0 Å². The van der Waals surface area contributed by atoms with Crippen LogP contribution in [0.5, 0.6) is 0 Å². The Balaban J connectivity index is 1.49. The first-order valence-electron chi connectivity index (χ1n) is 10.9. The Kier molecular flexibility index (Phi) is 5.75. The van der Waals surface area contributed by atoms with E-state index in [9.17, 15) is 9.59 Å². The van der Waals surface area contributed by atoms with Gasteiger partial charge in [-0.2, -0.15) is 0 Å². The summed E-state index contributed by atoms with van der Waals surface area (Å²) in [5.41, 5.74) is 2.64. The predicted molar refractivity (Wildman–Crippen MR) is 129 cm³/mol. The number of carbonyl (C=O) groups excluding carboxylic acids is 2. The maximum Gasteiger partial charge on any atom is 0.295 e. The van der Waals surface area contributed by atoms with Gasteiger partial charge in [-0.05, 0) is 55.0 Å². The molecule has 1 fully saturated rings. The molecule has 1 N–H and O–H groups in total. The van der Waals surface area contributed by atoms with Crippen LogP contribution in [-0.4, -0.2) is 44.6 Å². The number of amides is 2. The highest BCUT2D eigenvalue weighted by Crippen LogP contribution is 2.27. The van der Waals surface area contributed by atoms with Gasteiger partial charge >= 0.3 is 0 Å². The Bertz CT molecular complexity index is 1290. The molecule has 33 heavy (non-hydrogen) atoms. The van der Waals surface area contributed by atoms with Gasteiger partial charge in [0.15, 0.2) is 5.82 Å². The van der Waals surface area contributed by atoms with E-state index in [1.165, 1.54) is 11.3 Å². The number of likely N-dealkylation sites (tertiary alicyclic amines) is 1. The van der Waals surface area contributed by atoms with Gasteiger partial charge in [-0.1, -0.05) is 36.4 Å². The Hall–Kier alpha value is -3.78. The highest BCUT2D eigenvalue weighted by Gasteiger charge is 2.25. The molecule has 0 unspecified atom stereocenters. The largest absolute Gasteiger partial charge is 0.339 e. The lowest BCUT2D eigenvalue weighted by Crippen LogP contribution is -2.29. The van der Waals surface area contributed by atoms with Crippen molar-refractivity contribution in [1.29, 1.82) is 0 Å². The first kappa shape index (κ1) is 21.1. The van der Waals surface area contributed by atoms with Crippen LogP contribution in [0.1, 0.15) is 39.4 Å². The molecule has 5 rings (SSSR count). The lowest BCUT2D eigenvalue weighted by molar-refractivity contribution is 0.0793. The molecule has 1 aliphatic heterocycles. The first-order chi connectivity index (χ1) is 16.1. The molecule has 2 aromatic carbocycles. The summed E-state index contributed by atoms with van der Waals surface area (Å²) >= 11 is 1.53. The lowest BCUT2D eigenvalue weighted by atomic mass is 10.0. The molecule has 2 amide bonds. The number of rotatable bonds is 5. The second kappa shape index (κ2) is 8.99. The van der Waals surface area contributed by atoms with E-state index in [4.69, 9.17) is 0 Å². The quantitative estimate of drug-likeness (QED) is 0.467. The number of para-hydroxylation sites is 1. The van der Waals surface area contributed by atoms with Crippen molar-refractivity contribution in [3.8, 4) is 16.4 Å². The third kappa shape index (κ3) is 4.17. The Morgan fingerprint density at radius 1 is 0.970 bits per heavy atom. The van der Waals surface area contributed by atoms with Gasteiger partial charge in [0.25, 0.3) is 11.8 Å². The molecule has 0 aliphatic carbocycles. The molecule has 0 saturated carbocycles. The summed E-state index contributed by atoms with van der Waals surface area (Å²) in [6, 6.07) is 18.9. The van der Waals surface area contributed by atoms with Crippen LogP contribution >= 0.6 is 11.3 Å². The third-order valence-corrected chi connectivity index (χ3v) is 6.55. The number of hydrogen-bond acceptors (Lipinski definition) is 5. The average molecular weight is 458 g/mol. The summed E-state index contributed by atoms with van der Waals surface area (Å²) in [5.74, 6) is 0.133. The number of benzene rings is 2. The zero-order valence-corrected chi connectivity index (χ0v) is 19.0. The van der Waals surface area contributed by atoms with E-state index < -0.39 is 5.91 Å². The van der Waals surface area contributed by atoms with Gasteiger partial charge in [0.05, 0.1) is 21.8 Å². The highest BCUT2D eigenvalue weighted by molar-refractivity contribution is 7.13. The minimum absolute atomic E-state index is 0.0448. The zero-order chi connectivity index (χ0) is 22.8. The van der Waals surface area contributed by atoms with Gasteiger partial charge in [-0.25, -0.2) is 9.67 Å². The molecule has 0 radical (unpaired) electrons. The van der Waals surface area contributed by atoms with Crippen LogP contribution in [0.2, 0.25) is 0 Å².